The Kier molecular flexibility index (Phi) is 5.48. The lowest BCUT2D eigenvalue weighted by Crippen LogP contribution is -2.34. The number of hydrogen-bond donors (Lipinski definition) is 0. The minimum atomic E-state index is 0.111. The van der Waals surface area contributed by atoms with Crippen LogP contribution >= 0.6 is 0 Å². The molecule has 1 fully saturated rings. The zero-order chi connectivity index (χ0) is 18.7. The molecule has 3 rings (SSSR count). The molecule has 6 nitrogen and oxygen atoms in total. The monoisotopic (exact) mass is 355 g/mol. The molecule has 1 atom stereocenters. The molecule has 0 aliphatic carbocycles. The topological polar surface area (TPSA) is 71.5 Å². The first kappa shape index (κ1) is 18.3. The largest absolute Gasteiger partial charge is 0.496 e. The van der Waals surface area contributed by atoms with Crippen LogP contribution in [0.4, 0.5) is 0 Å². The van der Waals surface area contributed by atoms with E-state index in [0.29, 0.717) is 18.2 Å². The summed E-state index contributed by atoms with van der Waals surface area (Å²) in [4.78, 5) is 7.00. The highest BCUT2D eigenvalue weighted by molar-refractivity contribution is 5.68. The molecule has 1 aliphatic rings. The van der Waals surface area contributed by atoms with Crippen molar-refractivity contribution in [1.82, 2.24) is 9.88 Å². The summed E-state index contributed by atoms with van der Waals surface area (Å²) in [6.45, 7) is 6.37. The van der Waals surface area contributed by atoms with E-state index in [-0.39, 0.29) is 5.92 Å². The highest BCUT2D eigenvalue weighted by Crippen LogP contribution is 2.38. The second-order valence-electron chi connectivity index (χ2n) is 6.70. The van der Waals surface area contributed by atoms with Crippen molar-refractivity contribution in [3.05, 3.63) is 29.2 Å². The Labute approximate surface area is 154 Å². The maximum Gasteiger partial charge on any atom is 0.230 e. The van der Waals surface area contributed by atoms with Crippen molar-refractivity contribution in [3.8, 4) is 29.0 Å². The molecule has 0 unspecified atom stereocenters. The van der Waals surface area contributed by atoms with E-state index in [2.05, 4.69) is 11.0 Å². The van der Waals surface area contributed by atoms with Crippen LogP contribution in [0.3, 0.4) is 0 Å². The third-order valence-electron chi connectivity index (χ3n) is 4.96. The first-order valence-corrected chi connectivity index (χ1v) is 8.87. The number of aromatic nitrogens is 1. The van der Waals surface area contributed by atoms with Gasteiger partial charge in [-0.25, -0.2) is 4.98 Å². The van der Waals surface area contributed by atoms with Gasteiger partial charge in [0.2, 0.25) is 5.89 Å². The number of ether oxygens (including phenoxy) is 2. The van der Waals surface area contributed by atoms with Gasteiger partial charge in [0.1, 0.15) is 17.3 Å². The van der Waals surface area contributed by atoms with Gasteiger partial charge in [-0.05, 0) is 45.4 Å². The molecule has 0 N–H and O–H groups in total. The number of likely N-dealkylation sites (tertiary alicyclic amines) is 1. The van der Waals surface area contributed by atoms with Gasteiger partial charge in [-0.2, -0.15) is 5.26 Å². The first-order valence-electron chi connectivity index (χ1n) is 8.87. The number of oxazole rings is 1. The normalized spacial score (nSPS) is 17.7. The zero-order valence-electron chi connectivity index (χ0n) is 15.8. The fourth-order valence-corrected chi connectivity index (χ4v) is 3.53. The summed E-state index contributed by atoms with van der Waals surface area (Å²) in [6, 6.07) is 6.19. The summed E-state index contributed by atoms with van der Waals surface area (Å²) in [7, 11) is 3.28. The van der Waals surface area contributed by atoms with E-state index in [1.165, 1.54) is 0 Å². The van der Waals surface area contributed by atoms with Crippen LogP contribution in [0.15, 0.2) is 16.5 Å². The summed E-state index contributed by atoms with van der Waals surface area (Å²) < 4.78 is 16.9. The number of piperidine rings is 1. The van der Waals surface area contributed by atoms with Crippen LogP contribution in [0.2, 0.25) is 0 Å². The third kappa shape index (κ3) is 3.54. The number of hydrogen-bond acceptors (Lipinski definition) is 6. The fraction of sp³-hybridized carbons (Fsp3) is 0.500. The quantitative estimate of drug-likeness (QED) is 0.814. The maximum absolute atomic E-state index is 9.17. The van der Waals surface area contributed by atoms with Gasteiger partial charge in [0, 0.05) is 18.7 Å². The van der Waals surface area contributed by atoms with Crippen LogP contribution in [0.25, 0.3) is 11.5 Å². The Hall–Kier alpha value is -2.52. The molecule has 1 aromatic heterocycles. The van der Waals surface area contributed by atoms with Crippen molar-refractivity contribution >= 4 is 0 Å². The third-order valence-corrected chi connectivity index (χ3v) is 4.96. The predicted molar refractivity (Wildman–Crippen MR) is 98.1 cm³/mol. The standard InChI is InChI=1S/C20H25N3O3/c1-13-18(24-3)8-7-16(19(13)25-4)20-22-17(14(2)26-20)12-23-9-5-6-15(10-21)11-23/h7-8,15H,5-6,9,11-12H2,1-4H3/t15-/m1/s1. The average molecular weight is 355 g/mol. The summed E-state index contributed by atoms with van der Waals surface area (Å²) in [5.41, 5.74) is 2.64. The molecule has 138 valence electrons. The second-order valence-corrected chi connectivity index (χ2v) is 6.70. The van der Waals surface area contributed by atoms with Gasteiger partial charge in [-0.15, -0.1) is 0 Å². The highest BCUT2D eigenvalue weighted by Gasteiger charge is 2.23. The maximum atomic E-state index is 9.17. The molecule has 0 saturated carbocycles. The molecule has 1 aliphatic heterocycles. The molecular formula is C20H25N3O3. The molecule has 0 bridgehead atoms. The smallest absolute Gasteiger partial charge is 0.230 e. The van der Waals surface area contributed by atoms with E-state index < -0.39 is 0 Å². The van der Waals surface area contributed by atoms with Gasteiger partial charge in [0.25, 0.3) is 0 Å². The number of benzene rings is 1. The number of rotatable bonds is 5. The van der Waals surface area contributed by atoms with Gasteiger partial charge in [-0.1, -0.05) is 0 Å². The lowest BCUT2D eigenvalue weighted by molar-refractivity contribution is 0.189. The van der Waals surface area contributed by atoms with E-state index in [1.54, 1.807) is 14.2 Å². The molecule has 1 aromatic carbocycles. The van der Waals surface area contributed by atoms with Gasteiger partial charge in [-0.3, -0.25) is 4.90 Å². The van der Waals surface area contributed by atoms with E-state index in [1.807, 2.05) is 26.0 Å². The van der Waals surface area contributed by atoms with Crippen molar-refractivity contribution in [1.29, 1.82) is 5.26 Å². The lowest BCUT2D eigenvalue weighted by Gasteiger charge is -2.28. The summed E-state index contributed by atoms with van der Waals surface area (Å²) in [5.74, 6) is 2.94. The molecule has 0 radical (unpaired) electrons. The van der Waals surface area contributed by atoms with E-state index in [4.69, 9.17) is 18.9 Å². The summed E-state index contributed by atoms with van der Waals surface area (Å²) in [6.07, 6.45) is 2.03. The van der Waals surface area contributed by atoms with Gasteiger partial charge in [0.15, 0.2) is 0 Å². The van der Waals surface area contributed by atoms with E-state index >= 15 is 0 Å². The van der Waals surface area contributed by atoms with Crippen LogP contribution in [-0.2, 0) is 6.54 Å². The highest BCUT2D eigenvalue weighted by atomic mass is 16.5. The van der Waals surface area contributed by atoms with Crippen molar-refractivity contribution in [3.63, 3.8) is 0 Å². The van der Waals surface area contributed by atoms with Crippen LogP contribution in [0.5, 0.6) is 11.5 Å². The van der Waals surface area contributed by atoms with Crippen LogP contribution in [0, 0.1) is 31.1 Å². The summed E-state index contributed by atoms with van der Waals surface area (Å²) in [5, 5.41) is 9.17. The SMILES string of the molecule is COc1ccc(-c2nc(CN3CCC[C@H](C#N)C3)c(C)o2)c(OC)c1C. The number of methoxy groups -OCH3 is 2. The van der Waals surface area contributed by atoms with Crippen molar-refractivity contribution in [2.75, 3.05) is 27.3 Å². The molecule has 2 aromatic rings. The number of aryl methyl sites for hydroxylation is 1. The molecular weight excluding hydrogens is 330 g/mol. The fourth-order valence-electron chi connectivity index (χ4n) is 3.53. The second kappa shape index (κ2) is 7.79. The molecule has 0 spiro atoms. The Morgan fingerprint density at radius 3 is 2.81 bits per heavy atom. The first-order chi connectivity index (χ1) is 12.6. The Morgan fingerprint density at radius 1 is 1.31 bits per heavy atom. The summed E-state index contributed by atoms with van der Waals surface area (Å²) >= 11 is 0. The zero-order valence-corrected chi connectivity index (χ0v) is 15.8. The van der Waals surface area contributed by atoms with Crippen LogP contribution < -0.4 is 9.47 Å². The Morgan fingerprint density at radius 2 is 2.12 bits per heavy atom. The molecule has 6 heteroatoms. The van der Waals surface area contributed by atoms with Gasteiger partial charge < -0.3 is 13.9 Å². The molecule has 2 heterocycles. The number of nitriles is 1. The number of nitrogens with zero attached hydrogens (tertiary/aromatic N) is 3. The van der Waals surface area contributed by atoms with Crippen molar-refractivity contribution in [2.24, 2.45) is 5.92 Å². The van der Waals surface area contributed by atoms with Crippen molar-refractivity contribution < 1.29 is 13.9 Å². The Balaban J connectivity index is 1.87. The molecule has 1 saturated heterocycles. The van der Waals surface area contributed by atoms with Crippen molar-refractivity contribution in [2.45, 2.75) is 33.2 Å². The van der Waals surface area contributed by atoms with E-state index in [9.17, 15) is 5.26 Å². The minimum absolute atomic E-state index is 0.111. The average Bonchev–Trinajstić information content (AvgIpc) is 3.01. The lowest BCUT2D eigenvalue weighted by atomic mass is 9.99. The van der Waals surface area contributed by atoms with Crippen LogP contribution in [0.1, 0.15) is 29.9 Å². The molecule has 26 heavy (non-hydrogen) atoms. The Bertz CT molecular complexity index is 822. The molecule has 0 amide bonds. The minimum Gasteiger partial charge on any atom is -0.496 e. The van der Waals surface area contributed by atoms with Gasteiger partial charge in [0.05, 0.1) is 37.5 Å². The van der Waals surface area contributed by atoms with E-state index in [0.717, 1.165) is 54.3 Å². The van der Waals surface area contributed by atoms with Gasteiger partial charge >= 0.3 is 0 Å². The van der Waals surface area contributed by atoms with Crippen LogP contribution in [-0.4, -0.2) is 37.2 Å². The predicted octanol–water partition coefficient (Wildman–Crippen LogP) is 3.71.